The average Bonchev–Trinajstić information content (AvgIpc) is 2.96. The first-order valence-corrected chi connectivity index (χ1v) is 8.65. The predicted molar refractivity (Wildman–Crippen MR) is 85.8 cm³/mol. The van der Waals surface area contributed by atoms with Crippen LogP contribution in [0, 0.1) is 11.7 Å². The minimum atomic E-state index is -0.366. The first-order chi connectivity index (χ1) is 11.2. The number of carbonyl (C=O) groups excluding carboxylic acids is 1. The van der Waals surface area contributed by atoms with E-state index < -0.39 is 0 Å². The zero-order valence-corrected chi connectivity index (χ0v) is 13.3. The maximum atomic E-state index is 13.7. The third-order valence-corrected chi connectivity index (χ3v) is 4.79. The average molecular weight is 330 g/mol. The van der Waals surface area contributed by atoms with Gasteiger partial charge in [-0.3, -0.25) is 4.79 Å². The number of thioether (sulfide) groups is 1. The van der Waals surface area contributed by atoms with Crippen LogP contribution in [-0.2, 0) is 4.79 Å². The molecular formula is C16H15FN4OS. The van der Waals surface area contributed by atoms with Crippen molar-refractivity contribution in [2.24, 2.45) is 5.92 Å². The summed E-state index contributed by atoms with van der Waals surface area (Å²) >= 11 is 1.44. The van der Waals surface area contributed by atoms with E-state index in [1.54, 1.807) is 10.7 Å². The Kier molecular flexibility index (Phi) is 3.45. The summed E-state index contributed by atoms with van der Waals surface area (Å²) in [6.07, 6.45) is 5.16. The van der Waals surface area contributed by atoms with E-state index in [-0.39, 0.29) is 23.6 Å². The molecule has 0 saturated heterocycles. The Morgan fingerprint density at radius 1 is 1.43 bits per heavy atom. The number of ketones is 1. The van der Waals surface area contributed by atoms with Crippen molar-refractivity contribution < 1.29 is 9.18 Å². The second-order valence-corrected chi connectivity index (χ2v) is 6.41. The third kappa shape index (κ3) is 2.35. The van der Waals surface area contributed by atoms with E-state index in [0.717, 1.165) is 17.7 Å². The van der Waals surface area contributed by atoms with Gasteiger partial charge in [-0.15, -0.1) is 5.10 Å². The Labute approximate surface area is 137 Å². The van der Waals surface area contributed by atoms with Crippen LogP contribution in [0.4, 0.5) is 10.3 Å². The quantitative estimate of drug-likeness (QED) is 0.858. The Bertz CT molecular complexity index is 816. The van der Waals surface area contributed by atoms with Crippen molar-refractivity contribution in [3.8, 4) is 0 Å². The lowest BCUT2D eigenvalue weighted by Crippen LogP contribution is -2.38. The second-order valence-electron chi connectivity index (χ2n) is 5.63. The molecule has 0 fully saturated rings. The highest BCUT2D eigenvalue weighted by Crippen LogP contribution is 2.41. The number of carbonyl (C=O) groups is 1. The summed E-state index contributed by atoms with van der Waals surface area (Å²) in [5.41, 5.74) is 1.58. The minimum Gasteiger partial charge on any atom is -0.328 e. The maximum Gasteiger partial charge on any atom is 0.227 e. The molecule has 2 aromatic rings. The SMILES string of the molecule is CSc1nc2n(n1)[C@@H](c1cccc(F)c1)[C@@H]1C(=O)CCC=C1N2. The highest BCUT2D eigenvalue weighted by Gasteiger charge is 2.41. The number of fused-ring (bicyclic) bond motifs is 2. The van der Waals surface area contributed by atoms with Gasteiger partial charge in [0, 0.05) is 12.1 Å². The van der Waals surface area contributed by atoms with Gasteiger partial charge < -0.3 is 5.32 Å². The first-order valence-electron chi connectivity index (χ1n) is 7.43. The normalized spacial score (nSPS) is 22.9. The number of anilines is 1. The summed E-state index contributed by atoms with van der Waals surface area (Å²) < 4.78 is 15.4. The van der Waals surface area contributed by atoms with Crippen LogP contribution in [0.2, 0.25) is 0 Å². The number of rotatable bonds is 2. The maximum absolute atomic E-state index is 13.7. The van der Waals surface area contributed by atoms with Gasteiger partial charge in [-0.05, 0) is 30.4 Å². The van der Waals surface area contributed by atoms with Gasteiger partial charge in [-0.2, -0.15) is 4.98 Å². The molecular weight excluding hydrogens is 315 g/mol. The van der Waals surface area contributed by atoms with Gasteiger partial charge in [0.05, 0.1) is 12.0 Å². The fraction of sp³-hybridized carbons (Fsp3) is 0.312. The van der Waals surface area contributed by atoms with E-state index in [1.807, 2.05) is 18.4 Å². The predicted octanol–water partition coefficient (Wildman–Crippen LogP) is 3.02. The van der Waals surface area contributed by atoms with Gasteiger partial charge >= 0.3 is 0 Å². The molecule has 2 atom stereocenters. The fourth-order valence-electron chi connectivity index (χ4n) is 3.26. The number of benzene rings is 1. The summed E-state index contributed by atoms with van der Waals surface area (Å²) in [5.74, 6) is 0.0629. The van der Waals surface area contributed by atoms with Crippen molar-refractivity contribution in [3.05, 3.63) is 47.4 Å². The van der Waals surface area contributed by atoms with Gasteiger partial charge in [0.25, 0.3) is 0 Å². The molecule has 1 aromatic heterocycles. The number of allylic oxidation sites excluding steroid dienone is 2. The Morgan fingerprint density at radius 2 is 2.30 bits per heavy atom. The van der Waals surface area contributed by atoms with Crippen LogP contribution >= 0.6 is 11.8 Å². The van der Waals surface area contributed by atoms with Crippen molar-refractivity contribution in [2.45, 2.75) is 24.0 Å². The number of nitrogens with zero attached hydrogens (tertiary/aromatic N) is 3. The van der Waals surface area contributed by atoms with Crippen LogP contribution in [0.25, 0.3) is 0 Å². The number of Topliss-reactive ketones (excluding diaryl/α,β-unsaturated/α-hetero) is 1. The lowest BCUT2D eigenvalue weighted by molar-refractivity contribution is -0.123. The molecule has 4 rings (SSSR count). The molecule has 1 N–H and O–H groups in total. The molecule has 0 amide bonds. The summed E-state index contributed by atoms with van der Waals surface area (Å²) in [4.78, 5) is 17.0. The number of hydrogen-bond donors (Lipinski definition) is 1. The van der Waals surface area contributed by atoms with E-state index in [1.165, 1.54) is 23.9 Å². The molecule has 0 radical (unpaired) electrons. The Hall–Kier alpha value is -2.15. The first kappa shape index (κ1) is 14.4. The summed E-state index contributed by atoms with van der Waals surface area (Å²) in [7, 11) is 0. The molecule has 2 heterocycles. The minimum absolute atomic E-state index is 0.149. The van der Waals surface area contributed by atoms with Crippen LogP contribution < -0.4 is 5.32 Å². The van der Waals surface area contributed by atoms with Gasteiger partial charge in [-0.1, -0.05) is 30.0 Å². The molecule has 1 aliphatic carbocycles. The molecule has 2 aliphatic rings. The smallest absolute Gasteiger partial charge is 0.227 e. The molecule has 23 heavy (non-hydrogen) atoms. The van der Waals surface area contributed by atoms with Gasteiger partial charge in [0.15, 0.2) is 0 Å². The molecule has 0 unspecified atom stereocenters. The highest BCUT2D eigenvalue weighted by molar-refractivity contribution is 7.98. The van der Waals surface area contributed by atoms with E-state index in [9.17, 15) is 9.18 Å². The zero-order chi connectivity index (χ0) is 16.0. The Balaban J connectivity index is 1.91. The van der Waals surface area contributed by atoms with Crippen molar-refractivity contribution in [1.82, 2.24) is 14.8 Å². The van der Waals surface area contributed by atoms with Crippen LogP contribution in [0.3, 0.4) is 0 Å². The molecule has 1 aromatic carbocycles. The van der Waals surface area contributed by atoms with Gasteiger partial charge in [0.2, 0.25) is 11.1 Å². The topological polar surface area (TPSA) is 59.8 Å². The van der Waals surface area contributed by atoms with Crippen LogP contribution in [-0.4, -0.2) is 26.8 Å². The number of nitrogens with one attached hydrogen (secondary N) is 1. The number of halogens is 1. The van der Waals surface area contributed by atoms with Gasteiger partial charge in [0.1, 0.15) is 11.6 Å². The van der Waals surface area contributed by atoms with Crippen LogP contribution in [0.5, 0.6) is 0 Å². The molecule has 5 nitrogen and oxygen atoms in total. The lowest BCUT2D eigenvalue weighted by atomic mass is 9.81. The third-order valence-electron chi connectivity index (χ3n) is 4.26. The summed E-state index contributed by atoms with van der Waals surface area (Å²) in [5, 5.41) is 8.33. The van der Waals surface area contributed by atoms with E-state index >= 15 is 0 Å². The molecule has 1 aliphatic heterocycles. The fourth-order valence-corrected chi connectivity index (χ4v) is 3.61. The number of hydrogen-bond acceptors (Lipinski definition) is 5. The zero-order valence-electron chi connectivity index (χ0n) is 12.5. The van der Waals surface area contributed by atoms with E-state index in [4.69, 9.17) is 0 Å². The highest BCUT2D eigenvalue weighted by atomic mass is 32.2. The van der Waals surface area contributed by atoms with Crippen molar-refractivity contribution in [2.75, 3.05) is 11.6 Å². The van der Waals surface area contributed by atoms with E-state index in [2.05, 4.69) is 15.4 Å². The summed E-state index contributed by atoms with van der Waals surface area (Å²) in [6.45, 7) is 0. The second kappa shape index (κ2) is 5.49. The standard InChI is InChI=1S/C16H15FN4OS/c1-23-16-19-15-18-11-6-3-7-12(22)13(11)14(21(15)20-16)9-4-2-5-10(17)8-9/h2,4-6,8,13-14H,3,7H2,1H3,(H,18,19,20)/t13-,14-/m0/s1. The molecule has 0 spiro atoms. The molecule has 0 saturated carbocycles. The lowest BCUT2D eigenvalue weighted by Gasteiger charge is -2.36. The molecule has 0 bridgehead atoms. The molecule has 118 valence electrons. The largest absolute Gasteiger partial charge is 0.328 e. The van der Waals surface area contributed by atoms with Crippen molar-refractivity contribution in [3.63, 3.8) is 0 Å². The van der Waals surface area contributed by atoms with Crippen molar-refractivity contribution >= 4 is 23.5 Å². The monoisotopic (exact) mass is 330 g/mol. The van der Waals surface area contributed by atoms with E-state index in [0.29, 0.717) is 17.5 Å². The molecule has 7 heteroatoms. The number of aromatic nitrogens is 3. The Morgan fingerprint density at radius 3 is 3.09 bits per heavy atom. The summed E-state index contributed by atoms with van der Waals surface area (Å²) in [6, 6.07) is 6.01. The van der Waals surface area contributed by atoms with Crippen LogP contribution in [0.1, 0.15) is 24.4 Å². The van der Waals surface area contributed by atoms with Crippen molar-refractivity contribution in [1.29, 1.82) is 0 Å². The van der Waals surface area contributed by atoms with Crippen LogP contribution in [0.15, 0.2) is 41.2 Å². The van der Waals surface area contributed by atoms with Gasteiger partial charge in [-0.25, -0.2) is 9.07 Å².